The second kappa shape index (κ2) is 6.24. The number of nitrogen functional groups attached to an aromatic ring is 1. The number of H-pyrrole nitrogens is 1. The zero-order chi connectivity index (χ0) is 16.3. The molecule has 0 saturated heterocycles. The molecule has 11 heteroatoms. The first-order chi connectivity index (χ1) is 10.3. The predicted octanol–water partition coefficient (Wildman–Crippen LogP) is -0.0765. The molecule has 2 rings (SSSR count). The van der Waals surface area contributed by atoms with Gasteiger partial charge in [0.1, 0.15) is 6.73 Å². The maximum Gasteiger partial charge on any atom is 0.349 e. The molecule has 0 bridgehead atoms. The van der Waals surface area contributed by atoms with Crippen LogP contribution in [-0.2, 0) is 16.0 Å². The molecule has 2 heterocycles. The van der Waals surface area contributed by atoms with E-state index in [9.17, 15) is 9.36 Å². The monoisotopic (exact) mass is 327 g/mol. The Hall–Kier alpha value is -2.26. The number of anilines is 1. The third kappa shape index (κ3) is 4.12. The highest BCUT2D eigenvalue weighted by Gasteiger charge is 2.09. The molecular weight excluding hydrogens is 313 g/mol. The summed E-state index contributed by atoms with van der Waals surface area (Å²) < 4.78 is 17.5. The van der Waals surface area contributed by atoms with Gasteiger partial charge in [0.05, 0.1) is 12.9 Å². The summed E-state index contributed by atoms with van der Waals surface area (Å²) in [5.74, 6) is 0.709. The molecule has 0 aromatic carbocycles. The minimum absolute atomic E-state index is 0.0230. The molecule has 0 radical (unpaired) electrons. The normalized spacial score (nSPS) is 12.3. The van der Waals surface area contributed by atoms with Crippen LogP contribution in [0.3, 0.4) is 0 Å². The van der Waals surface area contributed by atoms with Crippen molar-refractivity contribution in [3.63, 3.8) is 0 Å². The van der Waals surface area contributed by atoms with E-state index < -0.39 is 13.2 Å². The van der Waals surface area contributed by atoms with E-state index in [1.807, 2.05) is 0 Å². The molecule has 0 spiro atoms. The van der Waals surface area contributed by atoms with Crippen molar-refractivity contribution < 1.29 is 19.1 Å². The van der Waals surface area contributed by atoms with Gasteiger partial charge in [0.25, 0.3) is 5.56 Å². The minimum Gasteiger partial charge on any atom is -0.369 e. The second-order valence-electron chi connectivity index (χ2n) is 4.38. The van der Waals surface area contributed by atoms with Crippen LogP contribution in [0.4, 0.5) is 5.95 Å². The fraction of sp³-hybridized carbons (Fsp3) is 0.182. The summed E-state index contributed by atoms with van der Waals surface area (Å²) in [4.78, 5) is 39.2. The summed E-state index contributed by atoms with van der Waals surface area (Å²) >= 11 is 0. The molecule has 10 nitrogen and oxygen atoms in total. The quantitative estimate of drug-likeness (QED) is 0.424. The standard InChI is InChI=1S/C11H14N5O5P/c1-7(2-3-22(18,19)20)4-21-6-16-5-13-8-9(16)14-11(12)15-10(8)17/h2-3,5H,1,4,6H2,(H2,18,19,20)(H3,12,14,15,17)/b3-2+. The number of imidazole rings is 1. The molecule has 0 saturated carbocycles. The lowest BCUT2D eigenvalue weighted by Crippen LogP contribution is -2.12. The van der Waals surface area contributed by atoms with Gasteiger partial charge >= 0.3 is 7.60 Å². The van der Waals surface area contributed by atoms with Gasteiger partial charge < -0.3 is 20.3 Å². The van der Waals surface area contributed by atoms with Crippen molar-refractivity contribution in [1.82, 2.24) is 19.5 Å². The second-order valence-corrected chi connectivity index (χ2v) is 5.85. The first kappa shape index (κ1) is 16.1. The van der Waals surface area contributed by atoms with Crippen molar-refractivity contribution >= 4 is 24.7 Å². The van der Waals surface area contributed by atoms with E-state index in [1.165, 1.54) is 17.0 Å². The summed E-state index contributed by atoms with van der Waals surface area (Å²) in [6, 6.07) is 0. The minimum atomic E-state index is -4.22. The Balaban J connectivity index is 2.01. The topological polar surface area (TPSA) is 156 Å². The van der Waals surface area contributed by atoms with Crippen molar-refractivity contribution in [3.05, 3.63) is 40.7 Å². The van der Waals surface area contributed by atoms with Crippen LogP contribution in [0.25, 0.3) is 11.2 Å². The Morgan fingerprint density at radius 3 is 3.00 bits per heavy atom. The number of aromatic amines is 1. The fourth-order valence-electron chi connectivity index (χ4n) is 1.59. The van der Waals surface area contributed by atoms with Crippen molar-refractivity contribution in [2.45, 2.75) is 6.73 Å². The van der Waals surface area contributed by atoms with E-state index >= 15 is 0 Å². The lowest BCUT2D eigenvalue weighted by molar-refractivity contribution is 0.0992. The molecule has 0 aliphatic heterocycles. The number of aromatic nitrogens is 4. The van der Waals surface area contributed by atoms with Gasteiger partial charge in [-0.05, 0) is 11.6 Å². The highest BCUT2D eigenvalue weighted by Crippen LogP contribution is 2.36. The third-order valence-electron chi connectivity index (χ3n) is 2.52. The first-order valence-electron chi connectivity index (χ1n) is 5.97. The number of hydrogen-bond donors (Lipinski definition) is 4. The van der Waals surface area contributed by atoms with Gasteiger partial charge in [-0.15, -0.1) is 0 Å². The molecule has 22 heavy (non-hydrogen) atoms. The average molecular weight is 327 g/mol. The number of fused-ring (bicyclic) bond motifs is 1. The number of nitrogens with two attached hydrogens (primary N) is 1. The summed E-state index contributed by atoms with van der Waals surface area (Å²) in [5.41, 5.74) is 5.80. The molecule has 0 fully saturated rings. The molecule has 0 atom stereocenters. The maximum absolute atomic E-state index is 11.6. The summed E-state index contributed by atoms with van der Waals surface area (Å²) in [6.07, 6.45) is 2.56. The van der Waals surface area contributed by atoms with Crippen LogP contribution >= 0.6 is 7.60 Å². The maximum atomic E-state index is 11.6. The van der Waals surface area contributed by atoms with Gasteiger partial charge in [0.15, 0.2) is 11.2 Å². The van der Waals surface area contributed by atoms with Crippen LogP contribution < -0.4 is 11.3 Å². The first-order valence-corrected chi connectivity index (χ1v) is 7.65. The van der Waals surface area contributed by atoms with Crippen LogP contribution in [0.5, 0.6) is 0 Å². The van der Waals surface area contributed by atoms with Crippen LogP contribution in [0, 0.1) is 0 Å². The number of hydrogen-bond acceptors (Lipinski definition) is 6. The van der Waals surface area contributed by atoms with E-state index in [-0.39, 0.29) is 30.4 Å². The van der Waals surface area contributed by atoms with E-state index in [2.05, 4.69) is 21.5 Å². The zero-order valence-corrected chi connectivity index (χ0v) is 12.2. The molecule has 5 N–H and O–H groups in total. The van der Waals surface area contributed by atoms with E-state index in [0.717, 1.165) is 5.82 Å². The highest BCUT2D eigenvalue weighted by molar-refractivity contribution is 7.55. The summed E-state index contributed by atoms with van der Waals surface area (Å²) in [5, 5.41) is 0. The van der Waals surface area contributed by atoms with Gasteiger partial charge in [0.2, 0.25) is 5.95 Å². The predicted molar refractivity (Wildman–Crippen MR) is 78.8 cm³/mol. The number of rotatable bonds is 6. The largest absolute Gasteiger partial charge is 0.369 e. The SMILES string of the molecule is C=C(/C=C/P(=O)(O)O)COCn1cnc2c(=O)[nH]c(N)nc21. The van der Waals surface area contributed by atoms with Crippen molar-refractivity contribution in [2.75, 3.05) is 12.3 Å². The van der Waals surface area contributed by atoms with Crippen molar-refractivity contribution in [1.29, 1.82) is 0 Å². The lowest BCUT2D eigenvalue weighted by Gasteiger charge is -2.06. The van der Waals surface area contributed by atoms with Gasteiger partial charge in [-0.25, -0.2) is 4.98 Å². The van der Waals surface area contributed by atoms with Gasteiger partial charge in [-0.3, -0.25) is 18.9 Å². The number of nitrogens with one attached hydrogen (secondary N) is 1. The van der Waals surface area contributed by atoms with Gasteiger partial charge in [0, 0.05) is 5.82 Å². The Kier molecular flexibility index (Phi) is 4.57. The molecule has 0 aliphatic rings. The Bertz CT molecular complexity index is 833. The van der Waals surface area contributed by atoms with Crippen LogP contribution in [-0.4, -0.2) is 35.9 Å². The molecule has 0 amide bonds. The Labute approximate surface area is 124 Å². The van der Waals surface area contributed by atoms with Gasteiger partial charge in [-0.2, -0.15) is 4.98 Å². The highest BCUT2D eigenvalue weighted by atomic mass is 31.2. The van der Waals surface area contributed by atoms with E-state index in [4.69, 9.17) is 20.3 Å². The Morgan fingerprint density at radius 1 is 1.59 bits per heavy atom. The van der Waals surface area contributed by atoms with E-state index in [1.54, 1.807) is 0 Å². The summed E-state index contributed by atoms with van der Waals surface area (Å²) in [6.45, 7) is 3.66. The molecule has 0 aliphatic carbocycles. The van der Waals surface area contributed by atoms with Crippen LogP contribution in [0.1, 0.15) is 0 Å². The van der Waals surface area contributed by atoms with Crippen LogP contribution in [0.2, 0.25) is 0 Å². The molecule has 2 aromatic heterocycles. The Morgan fingerprint density at radius 2 is 2.32 bits per heavy atom. The fourth-order valence-corrected chi connectivity index (χ4v) is 2.00. The molecular formula is C11H14N5O5P. The zero-order valence-electron chi connectivity index (χ0n) is 11.3. The van der Waals surface area contributed by atoms with Crippen molar-refractivity contribution in [3.8, 4) is 0 Å². The molecule has 118 valence electrons. The van der Waals surface area contributed by atoms with Gasteiger partial charge in [-0.1, -0.05) is 6.58 Å². The average Bonchev–Trinajstić information content (AvgIpc) is 2.79. The number of nitrogens with zero attached hydrogens (tertiary/aromatic N) is 3. The molecule has 0 unspecified atom stereocenters. The number of ether oxygens (including phenoxy) is 1. The smallest absolute Gasteiger partial charge is 0.349 e. The van der Waals surface area contributed by atoms with Crippen molar-refractivity contribution in [2.24, 2.45) is 0 Å². The lowest BCUT2D eigenvalue weighted by atomic mass is 10.3. The van der Waals surface area contributed by atoms with Crippen LogP contribution in [0.15, 0.2) is 35.2 Å². The van der Waals surface area contributed by atoms with E-state index in [0.29, 0.717) is 5.57 Å². The molecule has 2 aromatic rings. The summed E-state index contributed by atoms with van der Waals surface area (Å²) in [7, 11) is -4.22. The third-order valence-corrected chi connectivity index (χ3v) is 3.05.